The van der Waals surface area contributed by atoms with Gasteiger partial charge in [0.25, 0.3) is 0 Å². The molecule has 396 valence electrons. The molecule has 26 nitrogen and oxygen atoms in total. The van der Waals surface area contributed by atoms with Gasteiger partial charge in [-0.05, 0) is 55.7 Å². The number of nitrogens with one attached hydrogen (secondary N) is 9. The summed E-state index contributed by atoms with van der Waals surface area (Å²) in [5, 5.41) is 50.9. The third-order valence-corrected chi connectivity index (χ3v) is 10.8. The van der Waals surface area contributed by atoms with Crippen molar-refractivity contribution in [2.75, 3.05) is 6.54 Å². The summed E-state index contributed by atoms with van der Waals surface area (Å²) in [6.07, 6.45) is -2.95. The number of aromatic hydroxyl groups is 1. The van der Waals surface area contributed by atoms with Crippen molar-refractivity contribution in [1.29, 1.82) is 0 Å². The highest BCUT2D eigenvalue weighted by atomic mass is 16.4. The number of aliphatic hydroxyl groups excluding tert-OH is 1. The van der Waals surface area contributed by atoms with Gasteiger partial charge in [0.15, 0.2) is 0 Å². The van der Waals surface area contributed by atoms with Gasteiger partial charge < -0.3 is 74.6 Å². The SMILES string of the molecule is CC[C@H](C)[C@H](NC(=O)[C@@H](NC(=O)[C@@H](NC(=O)CNC(=O)[C@H](C)NC(=O)[C@H](Cc1ccc(O)cc1)NC(C)=O)[C@@H](C)O)C(C)C)C(=O)N[C@@H](CC(N)=O)C(=O)N[C@@H](CC(N)=O)C(=O)N[C@@H](CC(C)C)C(=O)O. The fourth-order valence-electron chi connectivity index (χ4n) is 6.69. The lowest BCUT2D eigenvalue weighted by Crippen LogP contribution is -2.62. The normalized spacial score (nSPS) is 15.3. The molecule has 0 aliphatic rings. The molecule has 11 amide bonds. The van der Waals surface area contributed by atoms with Crippen molar-refractivity contribution in [2.24, 2.45) is 29.2 Å². The molecule has 0 heterocycles. The van der Waals surface area contributed by atoms with Crippen LogP contribution in [-0.2, 0) is 64.0 Å². The Balaban J connectivity index is 3.15. The van der Waals surface area contributed by atoms with E-state index in [-0.39, 0.29) is 30.9 Å². The molecular weight excluding hydrogens is 935 g/mol. The molecule has 16 N–H and O–H groups in total. The van der Waals surface area contributed by atoms with Crippen LogP contribution in [0.5, 0.6) is 5.75 Å². The minimum Gasteiger partial charge on any atom is -0.508 e. The maximum Gasteiger partial charge on any atom is 0.326 e. The van der Waals surface area contributed by atoms with Gasteiger partial charge in [0.1, 0.15) is 54.1 Å². The zero-order chi connectivity index (χ0) is 54.4. The van der Waals surface area contributed by atoms with Crippen molar-refractivity contribution >= 4 is 70.9 Å². The van der Waals surface area contributed by atoms with E-state index in [1.807, 2.05) is 0 Å². The minimum absolute atomic E-state index is 0.00939. The summed E-state index contributed by atoms with van der Waals surface area (Å²) in [4.78, 5) is 154. The predicted molar refractivity (Wildman–Crippen MR) is 252 cm³/mol. The van der Waals surface area contributed by atoms with E-state index >= 15 is 0 Å². The van der Waals surface area contributed by atoms with E-state index in [0.717, 1.165) is 0 Å². The second-order valence-corrected chi connectivity index (χ2v) is 18.0. The number of phenolic OH excluding ortho intramolecular Hbond substituents is 1. The van der Waals surface area contributed by atoms with Crippen molar-refractivity contribution in [3.8, 4) is 5.75 Å². The number of hydrogen-bond acceptors (Lipinski definition) is 14. The van der Waals surface area contributed by atoms with Crippen molar-refractivity contribution < 1.29 is 72.9 Å². The van der Waals surface area contributed by atoms with E-state index in [1.165, 1.54) is 46.8 Å². The molecule has 0 aliphatic carbocycles. The first-order valence-corrected chi connectivity index (χ1v) is 22.9. The zero-order valence-electron chi connectivity index (χ0n) is 41.4. The number of aliphatic hydroxyl groups is 1. The van der Waals surface area contributed by atoms with Crippen LogP contribution < -0.4 is 59.3 Å². The quantitative estimate of drug-likeness (QED) is 0.0349. The molecular formula is C45H71N11O15. The van der Waals surface area contributed by atoms with Crippen LogP contribution in [0.2, 0.25) is 0 Å². The van der Waals surface area contributed by atoms with E-state index in [4.69, 9.17) is 11.5 Å². The van der Waals surface area contributed by atoms with Gasteiger partial charge >= 0.3 is 5.97 Å². The van der Waals surface area contributed by atoms with Gasteiger partial charge in [0, 0.05) is 13.3 Å². The Hall–Kier alpha value is -7.38. The van der Waals surface area contributed by atoms with Gasteiger partial charge in [0.2, 0.25) is 65.0 Å². The van der Waals surface area contributed by atoms with Crippen LogP contribution in [-0.4, -0.2) is 147 Å². The molecule has 0 unspecified atom stereocenters. The monoisotopic (exact) mass is 1010 g/mol. The molecule has 1 aromatic rings. The Morgan fingerprint density at radius 1 is 0.563 bits per heavy atom. The predicted octanol–water partition coefficient (Wildman–Crippen LogP) is -4.07. The molecule has 0 fully saturated rings. The van der Waals surface area contributed by atoms with Crippen LogP contribution >= 0.6 is 0 Å². The number of rotatable bonds is 30. The summed E-state index contributed by atoms with van der Waals surface area (Å²) in [5.74, 6) is -13.5. The Bertz CT molecular complexity index is 2080. The van der Waals surface area contributed by atoms with Gasteiger partial charge in [-0.25, -0.2) is 4.79 Å². The summed E-state index contributed by atoms with van der Waals surface area (Å²) in [6, 6.07) is -5.99. The van der Waals surface area contributed by atoms with Crippen molar-refractivity contribution in [3.63, 3.8) is 0 Å². The number of aliphatic carboxylic acids is 1. The maximum atomic E-state index is 13.9. The highest BCUT2D eigenvalue weighted by molar-refractivity contribution is 5.99. The number of hydrogen-bond donors (Lipinski definition) is 14. The van der Waals surface area contributed by atoms with Crippen LogP contribution in [0.4, 0.5) is 0 Å². The second kappa shape index (κ2) is 29.6. The van der Waals surface area contributed by atoms with Gasteiger partial charge in [-0.1, -0.05) is 60.1 Å². The van der Waals surface area contributed by atoms with Crippen LogP contribution in [0.25, 0.3) is 0 Å². The second-order valence-electron chi connectivity index (χ2n) is 18.0. The zero-order valence-corrected chi connectivity index (χ0v) is 41.4. The number of primary amides is 2. The number of benzene rings is 1. The van der Waals surface area contributed by atoms with E-state index in [0.29, 0.717) is 5.56 Å². The largest absolute Gasteiger partial charge is 0.508 e. The molecule has 71 heavy (non-hydrogen) atoms. The summed E-state index contributed by atoms with van der Waals surface area (Å²) in [7, 11) is 0. The lowest BCUT2D eigenvalue weighted by molar-refractivity contribution is -0.143. The number of phenols is 1. The first kappa shape index (κ1) is 61.6. The Labute approximate surface area is 411 Å². The van der Waals surface area contributed by atoms with Crippen molar-refractivity contribution in [1.82, 2.24) is 47.9 Å². The summed E-state index contributed by atoms with van der Waals surface area (Å²) < 4.78 is 0. The Morgan fingerprint density at radius 2 is 1.03 bits per heavy atom. The third-order valence-electron chi connectivity index (χ3n) is 10.8. The molecule has 0 saturated carbocycles. The molecule has 1 aromatic carbocycles. The number of carbonyl (C=O) groups is 12. The standard InChI is InChI=1S/C45H71N11O15/c1-10-22(6)36(43(68)52-30(18-33(47)61)40(65)51-29(17-32(46)60)41(66)53-31(45(70)71)15-20(2)3)56-42(67)35(21(4)5)55-44(69)37(24(8)57)54-34(62)19-48-38(63)23(7)49-39(64)28(50-25(9)58)16-26-11-13-27(59)14-12-26/h11-14,20-24,28-31,35-37,57,59H,10,15-19H2,1-9H3,(H2,46,60)(H2,47,61)(H,48,63)(H,49,64)(H,50,58)(H,51,65)(H,52,68)(H,53,66)(H,54,62)(H,55,69)(H,56,67)(H,70,71)/t22-,23-,24+,28-,29-,30-,31-,35-,36-,37-/m0/s1. The molecule has 0 aliphatic heterocycles. The van der Waals surface area contributed by atoms with Crippen molar-refractivity contribution in [3.05, 3.63) is 29.8 Å². The molecule has 0 aromatic heterocycles. The molecule has 0 spiro atoms. The molecule has 10 atom stereocenters. The van der Waals surface area contributed by atoms with Gasteiger partial charge in [-0.2, -0.15) is 0 Å². The lowest BCUT2D eigenvalue weighted by atomic mass is 9.95. The van der Waals surface area contributed by atoms with Crippen LogP contribution in [0, 0.1) is 17.8 Å². The van der Waals surface area contributed by atoms with Gasteiger partial charge in [-0.15, -0.1) is 0 Å². The number of amides is 11. The fraction of sp³-hybridized carbons (Fsp3) is 0.600. The molecule has 0 radical (unpaired) electrons. The van der Waals surface area contributed by atoms with E-state index < -0.39 is 157 Å². The van der Waals surface area contributed by atoms with Crippen LogP contribution in [0.1, 0.15) is 93.6 Å². The number of carbonyl (C=O) groups excluding carboxylic acids is 11. The van der Waals surface area contributed by atoms with E-state index in [9.17, 15) is 72.9 Å². The maximum absolute atomic E-state index is 13.9. The minimum atomic E-state index is -1.80. The van der Waals surface area contributed by atoms with Gasteiger partial charge in [0.05, 0.1) is 25.5 Å². The number of carboxylic acid groups (broad SMARTS) is 1. The summed E-state index contributed by atoms with van der Waals surface area (Å²) in [6.45, 7) is 12.6. The number of nitrogens with two attached hydrogens (primary N) is 2. The van der Waals surface area contributed by atoms with Crippen molar-refractivity contribution in [2.45, 2.75) is 149 Å². The molecule has 1 rings (SSSR count). The van der Waals surface area contributed by atoms with Crippen LogP contribution in [0.15, 0.2) is 24.3 Å². The summed E-state index contributed by atoms with van der Waals surface area (Å²) >= 11 is 0. The smallest absolute Gasteiger partial charge is 0.326 e. The highest BCUT2D eigenvalue weighted by Crippen LogP contribution is 2.14. The number of carboxylic acids is 1. The molecule has 0 saturated heterocycles. The van der Waals surface area contributed by atoms with Gasteiger partial charge in [-0.3, -0.25) is 52.7 Å². The molecule has 26 heteroatoms. The summed E-state index contributed by atoms with van der Waals surface area (Å²) in [5.41, 5.74) is 11.3. The topological polar surface area (TPSA) is 426 Å². The highest BCUT2D eigenvalue weighted by Gasteiger charge is 2.37. The third kappa shape index (κ3) is 22.3. The average Bonchev–Trinajstić information content (AvgIpc) is 3.26. The first-order valence-electron chi connectivity index (χ1n) is 22.9. The van der Waals surface area contributed by atoms with E-state index in [1.54, 1.807) is 39.8 Å². The van der Waals surface area contributed by atoms with E-state index in [2.05, 4.69) is 47.9 Å². The average molecular weight is 1010 g/mol. The Kier molecular flexibility index (Phi) is 25.7. The lowest BCUT2D eigenvalue weighted by Gasteiger charge is -2.30. The first-order chi connectivity index (χ1) is 33.0. The fourth-order valence-corrected chi connectivity index (χ4v) is 6.69. The molecule has 0 bridgehead atoms. The Morgan fingerprint density at radius 3 is 1.48 bits per heavy atom. The van der Waals surface area contributed by atoms with Crippen LogP contribution in [0.3, 0.4) is 0 Å².